The molecule has 1 heterocycles. The van der Waals surface area contributed by atoms with Crippen molar-refractivity contribution in [2.45, 2.75) is 49.7 Å². The van der Waals surface area contributed by atoms with Gasteiger partial charge in [-0.2, -0.15) is 0 Å². The highest BCUT2D eigenvalue weighted by atomic mass is 32.2. The van der Waals surface area contributed by atoms with Crippen LogP contribution in [0, 0.1) is 0 Å². The molecule has 1 aliphatic heterocycles. The Balaban J connectivity index is 2.79. The summed E-state index contributed by atoms with van der Waals surface area (Å²) in [7, 11) is 0. The summed E-state index contributed by atoms with van der Waals surface area (Å²) >= 11 is 1.99. The maximum absolute atomic E-state index is 5.97. The summed E-state index contributed by atoms with van der Waals surface area (Å²) in [6.45, 7) is 10.5. The zero-order valence-electron chi connectivity index (χ0n) is 9.42. The van der Waals surface area contributed by atoms with Crippen LogP contribution in [0.2, 0.25) is 0 Å². The van der Waals surface area contributed by atoms with Crippen LogP contribution in [-0.2, 0) is 0 Å². The molecule has 0 aliphatic carbocycles. The van der Waals surface area contributed by atoms with Crippen molar-refractivity contribution >= 4 is 11.8 Å². The number of hydrogen-bond donors (Lipinski definition) is 1. The van der Waals surface area contributed by atoms with Gasteiger partial charge in [-0.15, -0.1) is 11.8 Å². The van der Waals surface area contributed by atoms with Crippen molar-refractivity contribution in [3.05, 3.63) is 24.3 Å². The average Bonchev–Trinajstić information content (AvgIpc) is 2.23. The van der Waals surface area contributed by atoms with Crippen LogP contribution in [0.25, 0.3) is 0 Å². The summed E-state index contributed by atoms with van der Waals surface area (Å²) < 4.78 is 0.193. The predicted octanol–water partition coefficient (Wildman–Crippen LogP) is 3.12. The minimum absolute atomic E-state index is 0.193. The quantitative estimate of drug-likeness (QED) is 0.759. The number of thioether (sulfide) groups is 1. The average molecular weight is 211 g/mol. The number of nitrogens with two attached hydrogens (primary N) is 1. The highest BCUT2D eigenvalue weighted by Gasteiger charge is 2.27. The zero-order valence-corrected chi connectivity index (χ0v) is 10.2. The molecule has 2 heteroatoms. The Morgan fingerprint density at radius 3 is 2.86 bits per heavy atom. The fraction of sp³-hybridized carbons (Fsp3) is 0.667. The molecule has 0 aromatic carbocycles. The summed E-state index contributed by atoms with van der Waals surface area (Å²) in [5.41, 5.74) is 7.34. The first-order valence-corrected chi connectivity index (χ1v) is 6.10. The molecule has 0 aromatic heterocycles. The Hall–Kier alpha value is -0.210. The van der Waals surface area contributed by atoms with E-state index in [4.69, 9.17) is 5.73 Å². The summed E-state index contributed by atoms with van der Waals surface area (Å²) in [4.78, 5) is 0. The summed E-state index contributed by atoms with van der Waals surface area (Å²) in [6.07, 6.45) is 6.59. The van der Waals surface area contributed by atoms with Crippen LogP contribution < -0.4 is 5.73 Å². The summed E-state index contributed by atoms with van der Waals surface area (Å²) in [5.74, 6) is 0. The molecule has 0 amide bonds. The van der Waals surface area contributed by atoms with E-state index >= 15 is 0 Å². The Morgan fingerprint density at radius 2 is 2.36 bits per heavy atom. The summed E-state index contributed by atoms with van der Waals surface area (Å²) in [6, 6.07) is 0.275. The van der Waals surface area contributed by atoms with Gasteiger partial charge in [0, 0.05) is 16.0 Å². The smallest absolute Gasteiger partial charge is 0.0291 e. The molecule has 2 N–H and O–H groups in total. The van der Waals surface area contributed by atoms with Gasteiger partial charge in [0.05, 0.1) is 0 Å². The highest BCUT2D eigenvalue weighted by molar-refractivity contribution is 8.01. The topological polar surface area (TPSA) is 26.0 Å². The van der Waals surface area contributed by atoms with Gasteiger partial charge in [0.1, 0.15) is 0 Å². The first kappa shape index (κ1) is 11.9. The van der Waals surface area contributed by atoms with Crippen LogP contribution in [0.3, 0.4) is 0 Å². The van der Waals surface area contributed by atoms with Crippen molar-refractivity contribution in [3.8, 4) is 0 Å². The first-order valence-electron chi connectivity index (χ1n) is 5.22. The maximum Gasteiger partial charge on any atom is 0.0291 e. The van der Waals surface area contributed by atoms with Gasteiger partial charge in [-0.25, -0.2) is 0 Å². The molecule has 1 aliphatic rings. The van der Waals surface area contributed by atoms with Crippen LogP contribution in [0.5, 0.6) is 0 Å². The van der Waals surface area contributed by atoms with Gasteiger partial charge in [-0.3, -0.25) is 0 Å². The third kappa shape index (κ3) is 3.18. The van der Waals surface area contributed by atoms with E-state index in [1.807, 2.05) is 17.8 Å². The molecule has 0 spiro atoms. The van der Waals surface area contributed by atoms with Crippen molar-refractivity contribution in [2.24, 2.45) is 5.73 Å². The number of hydrogen-bond acceptors (Lipinski definition) is 2. The molecule has 0 aromatic rings. The van der Waals surface area contributed by atoms with Gasteiger partial charge in [0.25, 0.3) is 0 Å². The van der Waals surface area contributed by atoms with E-state index in [1.54, 1.807) is 0 Å². The van der Waals surface area contributed by atoms with Crippen molar-refractivity contribution in [2.75, 3.05) is 0 Å². The first-order chi connectivity index (χ1) is 6.44. The molecule has 1 nitrogen and oxygen atoms in total. The van der Waals surface area contributed by atoms with E-state index in [-0.39, 0.29) is 10.8 Å². The van der Waals surface area contributed by atoms with Gasteiger partial charge in [-0.1, -0.05) is 24.3 Å². The molecular weight excluding hydrogens is 190 g/mol. The lowest BCUT2D eigenvalue weighted by molar-refractivity contribution is 0.643. The third-order valence-electron chi connectivity index (χ3n) is 2.55. The summed E-state index contributed by atoms with van der Waals surface area (Å²) in [5, 5.41) is 0.568. The zero-order chi connectivity index (χ0) is 10.8. The van der Waals surface area contributed by atoms with Gasteiger partial charge < -0.3 is 5.73 Å². The van der Waals surface area contributed by atoms with Crippen LogP contribution in [-0.4, -0.2) is 16.0 Å². The molecular formula is C12H21NS. The number of rotatable bonds is 2. The SMILES string of the molecule is C=CC1=CC(C)(C)SC(C(C)N)CC1. The predicted molar refractivity (Wildman–Crippen MR) is 66.6 cm³/mol. The Morgan fingerprint density at radius 1 is 1.71 bits per heavy atom. The van der Waals surface area contributed by atoms with Crippen LogP contribution >= 0.6 is 11.8 Å². The van der Waals surface area contributed by atoms with Crippen molar-refractivity contribution < 1.29 is 0 Å². The Bertz CT molecular complexity index is 241. The molecule has 2 atom stereocenters. The third-order valence-corrected chi connectivity index (χ3v) is 4.25. The molecule has 14 heavy (non-hydrogen) atoms. The lowest BCUT2D eigenvalue weighted by Gasteiger charge is -2.26. The molecule has 1 rings (SSSR count). The molecule has 0 saturated heterocycles. The van der Waals surface area contributed by atoms with Crippen LogP contribution in [0.4, 0.5) is 0 Å². The van der Waals surface area contributed by atoms with Crippen LogP contribution in [0.15, 0.2) is 24.3 Å². The maximum atomic E-state index is 5.97. The van der Waals surface area contributed by atoms with E-state index in [1.165, 1.54) is 12.0 Å². The second kappa shape index (κ2) is 4.54. The van der Waals surface area contributed by atoms with Gasteiger partial charge >= 0.3 is 0 Å². The lowest BCUT2D eigenvalue weighted by atomic mass is 10.0. The van der Waals surface area contributed by atoms with Gasteiger partial charge in [0.2, 0.25) is 0 Å². The second-order valence-electron chi connectivity index (χ2n) is 4.58. The van der Waals surface area contributed by atoms with Crippen LogP contribution in [0.1, 0.15) is 33.6 Å². The monoisotopic (exact) mass is 211 g/mol. The Kier molecular flexibility index (Phi) is 3.85. The second-order valence-corrected chi connectivity index (χ2v) is 6.47. The van der Waals surface area contributed by atoms with E-state index in [0.29, 0.717) is 5.25 Å². The molecule has 0 bridgehead atoms. The number of allylic oxidation sites excluding steroid dienone is 2. The van der Waals surface area contributed by atoms with E-state index < -0.39 is 0 Å². The minimum atomic E-state index is 0.193. The van der Waals surface area contributed by atoms with Gasteiger partial charge in [-0.05, 0) is 33.6 Å². The molecule has 2 unspecified atom stereocenters. The fourth-order valence-electron chi connectivity index (χ4n) is 1.84. The van der Waals surface area contributed by atoms with Crippen molar-refractivity contribution in [1.29, 1.82) is 0 Å². The normalized spacial score (nSPS) is 28.9. The standard InChI is InChI=1S/C12H21NS/c1-5-10-6-7-11(9(2)13)14-12(3,4)8-10/h5,8-9,11H,1,6-7,13H2,2-4H3. The van der Waals surface area contributed by atoms with Crippen molar-refractivity contribution in [1.82, 2.24) is 0 Å². The van der Waals surface area contributed by atoms with E-state index in [0.717, 1.165) is 6.42 Å². The largest absolute Gasteiger partial charge is 0.327 e. The molecule has 0 radical (unpaired) electrons. The lowest BCUT2D eigenvalue weighted by Crippen LogP contribution is -2.31. The fourth-order valence-corrected chi connectivity index (χ4v) is 3.29. The Labute approximate surface area is 91.8 Å². The van der Waals surface area contributed by atoms with Crippen molar-refractivity contribution in [3.63, 3.8) is 0 Å². The van der Waals surface area contributed by atoms with E-state index in [2.05, 4.69) is 33.4 Å². The van der Waals surface area contributed by atoms with Gasteiger partial charge in [0.15, 0.2) is 0 Å². The minimum Gasteiger partial charge on any atom is -0.327 e. The van der Waals surface area contributed by atoms with E-state index in [9.17, 15) is 0 Å². The molecule has 80 valence electrons. The molecule has 0 saturated carbocycles. The highest BCUT2D eigenvalue weighted by Crippen LogP contribution is 2.38. The molecule has 0 fully saturated rings.